The first kappa shape index (κ1) is 55.8. The van der Waals surface area contributed by atoms with Crippen LogP contribution in [0.15, 0.2) is 60.7 Å². The molecule has 15 nitrogen and oxygen atoms in total. The third-order valence-corrected chi connectivity index (χ3v) is 11.3. The van der Waals surface area contributed by atoms with Gasteiger partial charge in [0.25, 0.3) is 5.91 Å². The summed E-state index contributed by atoms with van der Waals surface area (Å²) in [6, 6.07) is 13.6. The minimum Gasteiger partial charge on any atom is -0.481 e. The Morgan fingerprint density at radius 1 is 0.769 bits per heavy atom. The average molecular weight is 917 g/mol. The van der Waals surface area contributed by atoms with Crippen molar-refractivity contribution in [3.63, 3.8) is 0 Å². The summed E-state index contributed by atoms with van der Waals surface area (Å²) < 4.78 is 42.1. The number of nitrogens with one attached hydrogen (secondary N) is 3. The van der Waals surface area contributed by atoms with Gasteiger partial charge in [0.15, 0.2) is 11.6 Å². The number of ether oxygens (including phenoxy) is 2. The third-order valence-electron chi connectivity index (χ3n) is 11.3. The van der Waals surface area contributed by atoms with Gasteiger partial charge >= 0.3 is 18.0 Å². The van der Waals surface area contributed by atoms with Gasteiger partial charge in [0, 0.05) is 26.4 Å². The fourth-order valence-corrected chi connectivity index (χ4v) is 7.00. The van der Waals surface area contributed by atoms with E-state index in [1.807, 2.05) is 13.0 Å². The molecular formula is C48H70F2N4O11. The zero-order chi connectivity index (χ0) is 48.7. The van der Waals surface area contributed by atoms with Crippen molar-refractivity contribution in [2.24, 2.45) is 17.8 Å². The number of amides is 4. The Hall–Kier alpha value is -5.29. The van der Waals surface area contributed by atoms with Crippen LogP contribution in [0.5, 0.6) is 0 Å². The van der Waals surface area contributed by atoms with E-state index in [1.165, 1.54) is 6.92 Å². The van der Waals surface area contributed by atoms with Crippen LogP contribution < -0.4 is 16.0 Å². The number of unbranched alkanes of at least 4 members (excludes halogenated alkanes) is 3. The summed E-state index contributed by atoms with van der Waals surface area (Å²) in [4.78, 5) is 94.4. The summed E-state index contributed by atoms with van der Waals surface area (Å²) in [6.07, 6.45) is -3.32. The molecule has 7 atom stereocenters. The van der Waals surface area contributed by atoms with Crippen molar-refractivity contribution < 1.29 is 62.0 Å². The van der Waals surface area contributed by atoms with Gasteiger partial charge < -0.3 is 40.5 Å². The molecule has 5 N–H and O–H groups in total. The minimum absolute atomic E-state index is 0.0451. The van der Waals surface area contributed by atoms with Crippen molar-refractivity contribution in [3.8, 4) is 0 Å². The predicted octanol–water partition coefficient (Wildman–Crippen LogP) is 6.38. The highest BCUT2D eigenvalue weighted by Crippen LogP contribution is 2.28. The van der Waals surface area contributed by atoms with E-state index < -0.39 is 115 Å². The van der Waals surface area contributed by atoms with Crippen LogP contribution in [-0.4, -0.2) is 106 Å². The van der Waals surface area contributed by atoms with E-state index in [4.69, 9.17) is 9.47 Å². The van der Waals surface area contributed by atoms with Crippen molar-refractivity contribution in [1.29, 1.82) is 0 Å². The summed E-state index contributed by atoms with van der Waals surface area (Å²) in [5.41, 5.74) is 1.44. The number of halogens is 2. The summed E-state index contributed by atoms with van der Waals surface area (Å²) in [7, 11) is 1.05. The number of nitrogens with zero attached hydrogens (tertiary/aromatic N) is 1. The van der Waals surface area contributed by atoms with Gasteiger partial charge in [0.05, 0.1) is 31.1 Å². The van der Waals surface area contributed by atoms with Crippen LogP contribution in [0.25, 0.3) is 0 Å². The molecule has 17 heteroatoms. The van der Waals surface area contributed by atoms with Gasteiger partial charge in [-0.2, -0.15) is 8.78 Å². The number of rotatable bonds is 31. The number of ketones is 2. The highest BCUT2D eigenvalue weighted by molar-refractivity contribution is 5.97. The lowest BCUT2D eigenvalue weighted by Crippen LogP contribution is -2.58. The number of Topliss-reactive ketones (excluding diaryl/α,β-unsaturated/α-hetero) is 2. The Bertz CT molecular complexity index is 1820. The summed E-state index contributed by atoms with van der Waals surface area (Å²) in [5, 5.41) is 27.5. The van der Waals surface area contributed by atoms with E-state index in [2.05, 4.69) is 16.0 Å². The van der Waals surface area contributed by atoms with Crippen LogP contribution in [0.3, 0.4) is 0 Å². The molecule has 0 heterocycles. The first-order valence-corrected chi connectivity index (χ1v) is 22.5. The second kappa shape index (κ2) is 28.6. The molecule has 0 radical (unpaired) electrons. The molecule has 0 bridgehead atoms. The number of benzene rings is 2. The molecule has 65 heavy (non-hydrogen) atoms. The first-order chi connectivity index (χ1) is 30.7. The molecule has 0 saturated heterocycles. The lowest BCUT2D eigenvalue weighted by molar-refractivity contribution is -0.177. The van der Waals surface area contributed by atoms with Gasteiger partial charge in [-0.1, -0.05) is 127 Å². The molecule has 2 aromatic carbocycles. The Morgan fingerprint density at radius 3 is 1.91 bits per heavy atom. The molecule has 0 saturated carbocycles. The van der Waals surface area contributed by atoms with Crippen LogP contribution in [0, 0.1) is 17.8 Å². The van der Waals surface area contributed by atoms with E-state index in [1.54, 1.807) is 82.3 Å². The molecule has 0 spiro atoms. The largest absolute Gasteiger partial charge is 0.481 e. The van der Waals surface area contributed by atoms with E-state index in [0.717, 1.165) is 25.5 Å². The number of likely N-dealkylation sites (N-methyl/N-ethyl adjacent to an activating group) is 1. The third kappa shape index (κ3) is 19.4. The van der Waals surface area contributed by atoms with Crippen LogP contribution in [-0.2, 0) is 51.5 Å². The first-order valence-electron chi connectivity index (χ1n) is 22.5. The van der Waals surface area contributed by atoms with Gasteiger partial charge in [-0.3, -0.25) is 28.8 Å². The number of carbonyl (C=O) groups is 7. The molecule has 2 rings (SSSR count). The second-order valence-corrected chi connectivity index (χ2v) is 17.1. The fraction of sp³-hybridized carbons (Fsp3) is 0.604. The van der Waals surface area contributed by atoms with E-state index in [0.29, 0.717) is 23.3 Å². The normalized spacial score (nSPS) is 14.8. The topological polar surface area (TPSA) is 218 Å². The Balaban J connectivity index is 2.44. The lowest BCUT2D eigenvalue weighted by Gasteiger charge is -2.34. The lowest BCUT2D eigenvalue weighted by atomic mass is 9.88. The maximum Gasteiger partial charge on any atom is 0.407 e. The monoisotopic (exact) mass is 917 g/mol. The number of carboxylic acid groups (broad SMARTS) is 1. The number of aliphatic hydroxyl groups is 1. The maximum atomic E-state index is 15.4. The molecule has 0 aliphatic carbocycles. The number of carboxylic acids is 1. The van der Waals surface area contributed by atoms with E-state index in [9.17, 15) is 43.8 Å². The van der Waals surface area contributed by atoms with Crippen LogP contribution >= 0.6 is 0 Å². The Kier molecular flexibility index (Phi) is 24.6. The summed E-state index contributed by atoms with van der Waals surface area (Å²) in [6.45, 7) is 9.79. The van der Waals surface area contributed by atoms with Gasteiger partial charge in [-0.05, 0) is 42.7 Å². The van der Waals surface area contributed by atoms with Crippen molar-refractivity contribution in [3.05, 3.63) is 71.8 Å². The number of aliphatic carboxylic acids is 1. The van der Waals surface area contributed by atoms with E-state index in [-0.39, 0.29) is 38.4 Å². The number of alkyl halides is 2. The van der Waals surface area contributed by atoms with Crippen molar-refractivity contribution in [2.45, 2.75) is 155 Å². The molecule has 0 fully saturated rings. The minimum atomic E-state index is -4.20. The Morgan fingerprint density at radius 2 is 1.35 bits per heavy atom. The molecule has 0 aromatic heterocycles. The molecular weight excluding hydrogens is 847 g/mol. The zero-order valence-electron chi connectivity index (χ0n) is 38.9. The number of aliphatic hydroxyl groups excluding tert-OH is 1. The SMILES string of the molecule is CCCCCCC(O)C(F)(F)C(=O)N(C)[C@@H](CC(C)C)C(=O)N[C@H](C(=O)C[C@@H](CNC(=O)OCc1ccccc1)C(=O)N[C@H](C(=O)CCC(=O)O)[C@H](C)OCc1ccccc1)[C@H](C)CC. The second-order valence-electron chi connectivity index (χ2n) is 17.1. The molecule has 2 aromatic rings. The number of hydrogen-bond acceptors (Lipinski definition) is 10. The smallest absolute Gasteiger partial charge is 0.407 e. The number of carbonyl (C=O) groups excluding carboxylic acids is 6. The van der Waals surface area contributed by atoms with Crippen LogP contribution in [0.4, 0.5) is 13.6 Å². The maximum absolute atomic E-state index is 15.4. The van der Waals surface area contributed by atoms with Crippen LogP contribution in [0.2, 0.25) is 0 Å². The summed E-state index contributed by atoms with van der Waals surface area (Å²) >= 11 is 0. The van der Waals surface area contributed by atoms with Gasteiger partial charge in [0.1, 0.15) is 24.8 Å². The van der Waals surface area contributed by atoms with Crippen molar-refractivity contribution >= 4 is 41.4 Å². The molecule has 0 aliphatic heterocycles. The average Bonchev–Trinajstić information content (AvgIpc) is 3.28. The molecule has 362 valence electrons. The van der Waals surface area contributed by atoms with E-state index >= 15 is 8.78 Å². The Labute approximate surface area is 381 Å². The molecule has 0 aliphatic rings. The molecule has 1 unspecified atom stereocenters. The predicted molar refractivity (Wildman–Crippen MR) is 239 cm³/mol. The van der Waals surface area contributed by atoms with Crippen molar-refractivity contribution in [1.82, 2.24) is 20.9 Å². The highest BCUT2D eigenvalue weighted by atomic mass is 19.3. The fourth-order valence-electron chi connectivity index (χ4n) is 7.00. The highest BCUT2D eigenvalue weighted by Gasteiger charge is 2.50. The zero-order valence-corrected chi connectivity index (χ0v) is 38.9. The van der Waals surface area contributed by atoms with Gasteiger partial charge in [-0.25, -0.2) is 4.79 Å². The number of alkyl carbamates (subject to hydrolysis) is 1. The van der Waals surface area contributed by atoms with Crippen LogP contribution in [0.1, 0.15) is 117 Å². The van der Waals surface area contributed by atoms with Crippen molar-refractivity contribution in [2.75, 3.05) is 13.6 Å². The quantitative estimate of drug-likeness (QED) is 0.0523. The van der Waals surface area contributed by atoms with Gasteiger partial charge in [0.2, 0.25) is 11.8 Å². The standard InChI is InChI=1S/C48H70F2N4O11/c1-8-10-11-18-23-40(57)48(49,50)46(62)54(7)37(26-31(3)4)45(61)52-42(32(5)9-2)39(56)27-36(28-51-47(63)65-30-35-21-16-13-17-22-35)44(60)53-43(38(55)24-25-41(58)59)33(6)64-29-34-19-14-12-15-20-34/h12-17,19-22,31-33,36-37,40,42-43,57H,8-11,18,23-30H2,1-7H3,(H,51,63)(H,52,61)(H,53,60)(H,58,59)/t32-,33+,36+,37+,40?,42+,43+/m1/s1. The number of hydrogen-bond donors (Lipinski definition) is 5. The molecule has 4 amide bonds. The summed E-state index contributed by atoms with van der Waals surface area (Å²) in [5.74, 6) is -12.6. The van der Waals surface area contributed by atoms with Gasteiger partial charge in [-0.15, -0.1) is 0 Å².